The lowest BCUT2D eigenvalue weighted by atomic mass is 9.83. The Hall–Kier alpha value is -2.34. The van der Waals surface area contributed by atoms with E-state index in [2.05, 4.69) is 45.0 Å². The standard InChI is InChI=1S/C22H33N5O/c1-23-21(25-18-22(11-14-28-2)9-3-4-10-22)24-16-19-7-5-8-20(15-19)17-27-13-6-12-26-27/h5-8,12-13,15H,3-4,9-11,14,16-18H2,1-2H3,(H2,23,24,25). The molecule has 0 spiro atoms. The smallest absolute Gasteiger partial charge is 0.191 e. The molecule has 28 heavy (non-hydrogen) atoms. The second kappa shape index (κ2) is 10.3. The lowest BCUT2D eigenvalue weighted by Gasteiger charge is -2.30. The van der Waals surface area contributed by atoms with Crippen LogP contribution in [0.15, 0.2) is 47.7 Å². The molecule has 1 aromatic carbocycles. The molecule has 3 rings (SSSR count). The Morgan fingerprint density at radius 2 is 2.04 bits per heavy atom. The molecular weight excluding hydrogens is 350 g/mol. The van der Waals surface area contributed by atoms with Crippen molar-refractivity contribution >= 4 is 5.96 Å². The summed E-state index contributed by atoms with van der Waals surface area (Å²) in [6.45, 7) is 3.32. The van der Waals surface area contributed by atoms with E-state index in [-0.39, 0.29) is 0 Å². The van der Waals surface area contributed by atoms with Gasteiger partial charge < -0.3 is 15.4 Å². The van der Waals surface area contributed by atoms with Gasteiger partial charge in [-0.3, -0.25) is 9.67 Å². The molecule has 0 amide bonds. The van der Waals surface area contributed by atoms with E-state index in [1.165, 1.54) is 36.8 Å². The van der Waals surface area contributed by atoms with Gasteiger partial charge in [-0.25, -0.2) is 0 Å². The molecule has 6 nitrogen and oxygen atoms in total. The highest BCUT2D eigenvalue weighted by Crippen LogP contribution is 2.40. The third kappa shape index (κ3) is 5.83. The highest BCUT2D eigenvalue weighted by molar-refractivity contribution is 5.79. The van der Waals surface area contributed by atoms with Gasteiger partial charge in [-0.15, -0.1) is 0 Å². The highest BCUT2D eigenvalue weighted by atomic mass is 16.5. The Morgan fingerprint density at radius 1 is 1.21 bits per heavy atom. The van der Waals surface area contributed by atoms with Gasteiger partial charge in [0.05, 0.1) is 6.54 Å². The van der Waals surface area contributed by atoms with Crippen LogP contribution in [0, 0.1) is 5.41 Å². The normalized spacial score (nSPS) is 16.3. The van der Waals surface area contributed by atoms with Crippen molar-refractivity contribution in [3.8, 4) is 0 Å². The molecule has 1 heterocycles. The van der Waals surface area contributed by atoms with Gasteiger partial charge >= 0.3 is 0 Å². The minimum atomic E-state index is 0.345. The van der Waals surface area contributed by atoms with E-state index in [1.807, 2.05) is 30.2 Å². The molecule has 0 saturated heterocycles. The van der Waals surface area contributed by atoms with Crippen LogP contribution in [0.5, 0.6) is 0 Å². The van der Waals surface area contributed by atoms with Crippen LogP contribution in [0.4, 0.5) is 0 Å². The number of nitrogens with one attached hydrogen (secondary N) is 2. The number of ether oxygens (including phenoxy) is 1. The van der Waals surface area contributed by atoms with Crippen molar-refractivity contribution in [1.29, 1.82) is 0 Å². The fourth-order valence-electron chi connectivity index (χ4n) is 4.06. The highest BCUT2D eigenvalue weighted by Gasteiger charge is 2.33. The van der Waals surface area contributed by atoms with Crippen LogP contribution < -0.4 is 10.6 Å². The molecule has 6 heteroatoms. The summed E-state index contributed by atoms with van der Waals surface area (Å²) >= 11 is 0. The molecule has 152 valence electrons. The zero-order chi connectivity index (χ0) is 19.7. The van der Waals surface area contributed by atoms with Crippen LogP contribution >= 0.6 is 0 Å². The Morgan fingerprint density at radius 3 is 2.75 bits per heavy atom. The van der Waals surface area contributed by atoms with Crippen molar-refractivity contribution < 1.29 is 4.74 Å². The van der Waals surface area contributed by atoms with E-state index < -0.39 is 0 Å². The van der Waals surface area contributed by atoms with E-state index in [4.69, 9.17) is 4.74 Å². The summed E-state index contributed by atoms with van der Waals surface area (Å²) in [7, 11) is 3.62. The zero-order valence-corrected chi connectivity index (χ0v) is 17.2. The lowest BCUT2D eigenvalue weighted by Crippen LogP contribution is -2.43. The van der Waals surface area contributed by atoms with Gasteiger partial charge in [0, 0.05) is 46.2 Å². The number of hydrogen-bond donors (Lipinski definition) is 2. The number of guanidine groups is 1. The molecule has 0 bridgehead atoms. The van der Waals surface area contributed by atoms with Gasteiger partial charge in [-0.2, -0.15) is 5.10 Å². The van der Waals surface area contributed by atoms with Gasteiger partial charge in [0.25, 0.3) is 0 Å². The molecule has 1 aliphatic rings. The van der Waals surface area contributed by atoms with E-state index in [0.29, 0.717) is 5.41 Å². The maximum Gasteiger partial charge on any atom is 0.191 e. The summed E-state index contributed by atoms with van der Waals surface area (Å²) in [6.07, 6.45) is 10.1. The maximum atomic E-state index is 5.34. The first-order valence-electron chi connectivity index (χ1n) is 10.2. The van der Waals surface area contributed by atoms with Gasteiger partial charge in [-0.05, 0) is 41.9 Å². The quantitative estimate of drug-likeness (QED) is 0.516. The van der Waals surface area contributed by atoms with Crippen LogP contribution in [-0.4, -0.2) is 43.0 Å². The summed E-state index contributed by atoms with van der Waals surface area (Å²) in [5, 5.41) is 11.3. The Labute approximate surface area is 168 Å². The van der Waals surface area contributed by atoms with Crippen molar-refractivity contribution in [2.24, 2.45) is 10.4 Å². The Kier molecular flexibility index (Phi) is 7.48. The van der Waals surface area contributed by atoms with E-state index in [1.54, 1.807) is 7.11 Å². The molecule has 0 aliphatic heterocycles. The van der Waals surface area contributed by atoms with Crippen molar-refractivity contribution in [1.82, 2.24) is 20.4 Å². The molecule has 2 aromatic rings. The van der Waals surface area contributed by atoms with Crippen molar-refractivity contribution in [2.75, 3.05) is 27.3 Å². The zero-order valence-electron chi connectivity index (χ0n) is 17.2. The number of aromatic nitrogens is 2. The number of nitrogens with zero attached hydrogens (tertiary/aromatic N) is 3. The summed E-state index contributed by atoms with van der Waals surface area (Å²) in [6, 6.07) is 10.6. The minimum Gasteiger partial charge on any atom is -0.385 e. The van der Waals surface area contributed by atoms with Crippen LogP contribution in [0.1, 0.15) is 43.2 Å². The van der Waals surface area contributed by atoms with E-state index in [0.717, 1.165) is 38.6 Å². The molecule has 1 saturated carbocycles. The maximum absolute atomic E-state index is 5.34. The second-order valence-corrected chi connectivity index (χ2v) is 7.75. The molecular formula is C22H33N5O. The second-order valence-electron chi connectivity index (χ2n) is 7.75. The van der Waals surface area contributed by atoms with Crippen molar-refractivity contribution in [3.63, 3.8) is 0 Å². The van der Waals surface area contributed by atoms with Gasteiger partial charge in [0.15, 0.2) is 5.96 Å². The number of benzene rings is 1. The molecule has 0 radical (unpaired) electrons. The van der Waals surface area contributed by atoms with E-state index >= 15 is 0 Å². The Bertz CT molecular complexity index is 735. The number of aliphatic imine (C=N–C) groups is 1. The summed E-state index contributed by atoms with van der Waals surface area (Å²) < 4.78 is 7.27. The van der Waals surface area contributed by atoms with Crippen LogP contribution in [0.25, 0.3) is 0 Å². The van der Waals surface area contributed by atoms with Gasteiger partial charge in [0.1, 0.15) is 0 Å². The van der Waals surface area contributed by atoms with Gasteiger partial charge in [0.2, 0.25) is 0 Å². The van der Waals surface area contributed by atoms with Crippen LogP contribution in [-0.2, 0) is 17.8 Å². The fraction of sp³-hybridized carbons (Fsp3) is 0.545. The predicted molar refractivity (Wildman–Crippen MR) is 113 cm³/mol. The minimum absolute atomic E-state index is 0.345. The fourth-order valence-corrected chi connectivity index (χ4v) is 4.06. The summed E-state index contributed by atoms with van der Waals surface area (Å²) in [5.41, 5.74) is 2.83. The number of hydrogen-bond acceptors (Lipinski definition) is 3. The van der Waals surface area contributed by atoms with Gasteiger partial charge in [-0.1, -0.05) is 37.1 Å². The SMILES string of the molecule is CN=C(NCc1cccc(Cn2cccn2)c1)NCC1(CCOC)CCCC1. The molecule has 2 N–H and O–H groups in total. The first-order chi connectivity index (χ1) is 13.7. The summed E-state index contributed by atoms with van der Waals surface area (Å²) in [4.78, 5) is 4.41. The van der Waals surface area contributed by atoms with Crippen molar-refractivity contribution in [3.05, 3.63) is 53.9 Å². The molecule has 0 atom stereocenters. The monoisotopic (exact) mass is 383 g/mol. The Balaban J connectivity index is 1.51. The van der Waals surface area contributed by atoms with Crippen LogP contribution in [0.3, 0.4) is 0 Å². The first-order valence-corrected chi connectivity index (χ1v) is 10.2. The number of methoxy groups -OCH3 is 1. The largest absolute Gasteiger partial charge is 0.385 e. The topological polar surface area (TPSA) is 63.5 Å². The molecule has 1 aromatic heterocycles. The average Bonchev–Trinajstić information content (AvgIpc) is 3.40. The van der Waals surface area contributed by atoms with Crippen LogP contribution in [0.2, 0.25) is 0 Å². The molecule has 1 fully saturated rings. The number of rotatable bonds is 9. The third-order valence-electron chi connectivity index (χ3n) is 5.71. The average molecular weight is 384 g/mol. The van der Waals surface area contributed by atoms with Crippen molar-refractivity contribution in [2.45, 2.75) is 45.2 Å². The first kappa shape index (κ1) is 20.4. The molecule has 1 aliphatic carbocycles. The third-order valence-corrected chi connectivity index (χ3v) is 5.71. The molecule has 0 unspecified atom stereocenters. The summed E-state index contributed by atoms with van der Waals surface area (Å²) in [5.74, 6) is 0.862. The predicted octanol–water partition coefficient (Wildman–Crippen LogP) is 3.19. The lowest BCUT2D eigenvalue weighted by molar-refractivity contribution is 0.138. The van der Waals surface area contributed by atoms with E-state index in [9.17, 15) is 0 Å².